The van der Waals surface area contributed by atoms with Gasteiger partial charge in [-0.3, -0.25) is 14.3 Å². The van der Waals surface area contributed by atoms with E-state index >= 15 is 0 Å². The minimum Gasteiger partial charge on any atom is -0.481 e. The first-order valence-electron chi connectivity index (χ1n) is 7.41. The maximum Gasteiger partial charge on any atom is 0.309 e. The van der Waals surface area contributed by atoms with Gasteiger partial charge in [0, 0.05) is 19.5 Å². The van der Waals surface area contributed by atoms with Crippen LogP contribution in [0.5, 0.6) is 0 Å². The highest BCUT2D eigenvalue weighted by atomic mass is 16.4. The van der Waals surface area contributed by atoms with Gasteiger partial charge in [0.15, 0.2) is 0 Å². The maximum atomic E-state index is 12.1. The van der Waals surface area contributed by atoms with Crippen molar-refractivity contribution in [3.8, 4) is 0 Å². The molecule has 7 nitrogen and oxygen atoms in total. The van der Waals surface area contributed by atoms with Crippen molar-refractivity contribution < 1.29 is 14.7 Å². The Hall–Kier alpha value is -1.92. The number of aromatic nitrogens is 3. The molecule has 1 saturated heterocycles. The molecule has 7 heteroatoms. The number of carboxylic acids is 1. The second-order valence-corrected chi connectivity index (χ2v) is 5.62. The average Bonchev–Trinajstić information content (AvgIpc) is 2.99. The van der Waals surface area contributed by atoms with E-state index in [0.29, 0.717) is 45.3 Å². The van der Waals surface area contributed by atoms with Crippen LogP contribution >= 0.6 is 0 Å². The summed E-state index contributed by atoms with van der Waals surface area (Å²) in [5, 5.41) is 13.4. The Labute approximate surface area is 124 Å². The summed E-state index contributed by atoms with van der Waals surface area (Å²) >= 11 is 0. The van der Waals surface area contributed by atoms with Crippen LogP contribution in [0.15, 0.2) is 12.7 Å². The number of carboxylic acid groups (broad SMARTS) is 1. The second-order valence-electron chi connectivity index (χ2n) is 5.62. The van der Waals surface area contributed by atoms with Crippen molar-refractivity contribution >= 4 is 11.9 Å². The van der Waals surface area contributed by atoms with Crippen LogP contribution in [0.1, 0.15) is 39.0 Å². The summed E-state index contributed by atoms with van der Waals surface area (Å²) in [5.74, 6) is -0.667. The summed E-state index contributed by atoms with van der Waals surface area (Å²) in [6.07, 6.45) is 6.03. The predicted octanol–water partition coefficient (Wildman–Crippen LogP) is 1.16. The zero-order chi connectivity index (χ0) is 15.3. The van der Waals surface area contributed by atoms with E-state index in [4.69, 9.17) is 0 Å². The Morgan fingerprint density at radius 1 is 1.33 bits per heavy atom. The van der Waals surface area contributed by atoms with Crippen molar-refractivity contribution in [1.29, 1.82) is 0 Å². The highest BCUT2D eigenvalue weighted by Gasteiger charge is 2.41. The Balaban J connectivity index is 1.85. The fourth-order valence-corrected chi connectivity index (χ4v) is 2.95. The highest BCUT2D eigenvalue weighted by molar-refractivity contribution is 5.78. The van der Waals surface area contributed by atoms with Gasteiger partial charge in [0.1, 0.15) is 12.7 Å². The van der Waals surface area contributed by atoms with E-state index < -0.39 is 11.4 Å². The van der Waals surface area contributed by atoms with Gasteiger partial charge in [-0.1, -0.05) is 13.3 Å². The quantitative estimate of drug-likeness (QED) is 0.850. The minimum absolute atomic E-state index is 0.0565. The van der Waals surface area contributed by atoms with Crippen molar-refractivity contribution in [2.75, 3.05) is 13.1 Å². The summed E-state index contributed by atoms with van der Waals surface area (Å²) in [7, 11) is 0. The Morgan fingerprint density at radius 2 is 2.05 bits per heavy atom. The highest BCUT2D eigenvalue weighted by Crippen LogP contribution is 2.36. The van der Waals surface area contributed by atoms with Gasteiger partial charge < -0.3 is 10.0 Å². The van der Waals surface area contributed by atoms with E-state index in [9.17, 15) is 14.7 Å². The van der Waals surface area contributed by atoms with E-state index in [0.717, 1.165) is 6.42 Å². The number of rotatable bonds is 6. The van der Waals surface area contributed by atoms with Crippen molar-refractivity contribution in [2.45, 2.75) is 45.6 Å². The zero-order valence-electron chi connectivity index (χ0n) is 12.4. The monoisotopic (exact) mass is 294 g/mol. The molecule has 1 aromatic heterocycles. The van der Waals surface area contributed by atoms with Crippen LogP contribution in [0.2, 0.25) is 0 Å². The average molecular weight is 294 g/mol. The third-order valence-electron chi connectivity index (χ3n) is 4.28. The molecule has 116 valence electrons. The zero-order valence-corrected chi connectivity index (χ0v) is 12.4. The lowest BCUT2D eigenvalue weighted by molar-refractivity contribution is -0.155. The van der Waals surface area contributed by atoms with Crippen LogP contribution in [0, 0.1) is 5.41 Å². The molecule has 1 amide bonds. The molecule has 0 aromatic carbocycles. The van der Waals surface area contributed by atoms with Gasteiger partial charge in [-0.25, -0.2) is 4.98 Å². The first kappa shape index (κ1) is 15.5. The number of hydrogen-bond acceptors (Lipinski definition) is 4. The summed E-state index contributed by atoms with van der Waals surface area (Å²) in [5.41, 5.74) is -0.641. The first-order chi connectivity index (χ1) is 10.1. The molecule has 1 fully saturated rings. The summed E-state index contributed by atoms with van der Waals surface area (Å²) < 4.78 is 1.63. The molecule has 0 bridgehead atoms. The number of likely N-dealkylation sites (tertiary alicyclic amines) is 1. The van der Waals surface area contributed by atoms with Gasteiger partial charge in [-0.2, -0.15) is 5.10 Å². The second kappa shape index (κ2) is 6.69. The number of carbonyl (C=O) groups excluding carboxylic acids is 1. The van der Waals surface area contributed by atoms with E-state index in [2.05, 4.69) is 10.1 Å². The Bertz CT molecular complexity index is 478. The van der Waals surface area contributed by atoms with Crippen LogP contribution in [0.4, 0.5) is 0 Å². The smallest absolute Gasteiger partial charge is 0.309 e. The normalized spacial score (nSPS) is 17.7. The molecule has 1 aliphatic rings. The van der Waals surface area contributed by atoms with Crippen LogP contribution in [0.3, 0.4) is 0 Å². The van der Waals surface area contributed by atoms with E-state index in [1.165, 1.54) is 6.33 Å². The molecule has 0 radical (unpaired) electrons. The molecule has 2 rings (SSSR count). The van der Waals surface area contributed by atoms with Gasteiger partial charge in [-0.05, 0) is 19.3 Å². The number of aryl methyl sites for hydroxylation is 1. The molecule has 0 unspecified atom stereocenters. The molecule has 1 N–H and O–H groups in total. The maximum absolute atomic E-state index is 12.1. The van der Waals surface area contributed by atoms with Crippen LogP contribution in [0.25, 0.3) is 0 Å². The van der Waals surface area contributed by atoms with Gasteiger partial charge in [-0.15, -0.1) is 0 Å². The fraction of sp³-hybridized carbons (Fsp3) is 0.714. The Morgan fingerprint density at radius 3 is 2.57 bits per heavy atom. The molecular weight excluding hydrogens is 272 g/mol. The van der Waals surface area contributed by atoms with Gasteiger partial charge in [0.25, 0.3) is 0 Å². The van der Waals surface area contributed by atoms with E-state index in [1.54, 1.807) is 15.9 Å². The topological polar surface area (TPSA) is 88.3 Å². The number of aliphatic carboxylic acids is 1. The molecule has 1 aliphatic heterocycles. The lowest BCUT2D eigenvalue weighted by Gasteiger charge is -2.38. The number of hydrogen-bond donors (Lipinski definition) is 1. The molecule has 2 heterocycles. The summed E-state index contributed by atoms with van der Waals surface area (Å²) in [6.45, 7) is 3.57. The molecule has 0 atom stereocenters. The first-order valence-corrected chi connectivity index (χ1v) is 7.41. The third kappa shape index (κ3) is 3.59. The molecule has 0 spiro atoms. The summed E-state index contributed by atoms with van der Waals surface area (Å²) in [4.78, 5) is 29.3. The standard InChI is InChI=1S/C14H22N4O3/c1-2-4-14(13(20)21)5-8-17(9-6-14)12(19)3-7-18-11-15-10-16-18/h10-11H,2-9H2,1H3,(H,20,21). The van der Waals surface area contributed by atoms with Gasteiger partial charge in [0.05, 0.1) is 12.0 Å². The van der Waals surface area contributed by atoms with Crippen LogP contribution in [-0.4, -0.2) is 49.7 Å². The van der Waals surface area contributed by atoms with E-state index in [-0.39, 0.29) is 5.91 Å². The molecule has 0 aliphatic carbocycles. The van der Waals surface area contributed by atoms with Crippen molar-refractivity contribution in [3.63, 3.8) is 0 Å². The lowest BCUT2D eigenvalue weighted by atomic mass is 9.75. The molecule has 0 saturated carbocycles. The van der Waals surface area contributed by atoms with Gasteiger partial charge in [0.2, 0.25) is 5.91 Å². The van der Waals surface area contributed by atoms with Crippen molar-refractivity contribution in [3.05, 3.63) is 12.7 Å². The largest absolute Gasteiger partial charge is 0.481 e. The van der Waals surface area contributed by atoms with Crippen molar-refractivity contribution in [2.24, 2.45) is 5.41 Å². The molecular formula is C14H22N4O3. The minimum atomic E-state index is -0.723. The fourth-order valence-electron chi connectivity index (χ4n) is 2.95. The number of carbonyl (C=O) groups is 2. The lowest BCUT2D eigenvalue weighted by Crippen LogP contribution is -2.46. The predicted molar refractivity (Wildman–Crippen MR) is 75.4 cm³/mol. The van der Waals surface area contributed by atoms with Gasteiger partial charge >= 0.3 is 5.97 Å². The number of nitrogens with zero attached hydrogens (tertiary/aromatic N) is 4. The van der Waals surface area contributed by atoms with E-state index in [1.807, 2.05) is 6.92 Å². The molecule has 1 aromatic rings. The van der Waals surface area contributed by atoms with Crippen molar-refractivity contribution in [1.82, 2.24) is 19.7 Å². The van der Waals surface area contributed by atoms with Crippen LogP contribution in [-0.2, 0) is 16.1 Å². The van der Waals surface area contributed by atoms with Crippen LogP contribution < -0.4 is 0 Å². The number of amides is 1. The SMILES string of the molecule is CCCC1(C(=O)O)CCN(C(=O)CCn2cncn2)CC1. The Kier molecular flexibility index (Phi) is 4.93. The summed E-state index contributed by atoms with van der Waals surface area (Å²) in [6, 6.07) is 0. The number of piperidine rings is 1. The third-order valence-corrected chi connectivity index (χ3v) is 4.28. The molecule has 21 heavy (non-hydrogen) atoms.